The van der Waals surface area contributed by atoms with E-state index in [9.17, 15) is 0 Å². The summed E-state index contributed by atoms with van der Waals surface area (Å²) >= 11 is 0. The highest BCUT2D eigenvalue weighted by atomic mass is 16.5. The normalized spacial score (nSPS) is 10.1. The Hall–Kier alpha value is -1.22. The zero-order valence-corrected chi connectivity index (χ0v) is 9.32. The van der Waals surface area contributed by atoms with Crippen molar-refractivity contribution in [3.05, 3.63) is 23.8 Å². The van der Waals surface area contributed by atoms with Crippen molar-refractivity contribution in [2.24, 2.45) is 0 Å². The molecular weight excluding hydrogens is 192 g/mol. The van der Waals surface area contributed by atoms with Gasteiger partial charge in [0, 0.05) is 6.07 Å². The lowest BCUT2D eigenvalue weighted by molar-refractivity contribution is 0.200. The molecule has 0 aromatic heterocycles. The fraction of sp³-hybridized carbons (Fsp3) is 0.500. The van der Waals surface area contributed by atoms with Crippen LogP contribution in [0.15, 0.2) is 18.2 Å². The Kier molecular flexibility index (Phi) is 4.98. The van der Waals surface area contributed by atoms with Gasteiger partial charge >= 0.3 is 0 Å². The Morgan fingerprint density at radius 1 is 1.20 bits per heavy atom. The average molecular weight is 210 g/mol. The van der Waals surface area contributed by atoms with Crippen LogP contribution in [0.1, 0.15) is 19.4 Å². The smallest absolute Gasteiger partial charge is 0.126 e. The number of rotatable bonds is 6. The third kappa shape index (κ3) is 3.44. The Morgan fingerprint density at radius 2 is 2.00 bits per heavy atom. The summed E-state index contributed by atoms with van der Waals surface area (Å²) in [6.07, 6.45) is 0.940. The van der Waals surface area contributed by atoms with Gasteiger partial charge < -0.3 is 14.6 Å². The molecule has 0 aliphatic carbocycles. The van der Waals surface area contributed by atoms with Gasteiger partial charge in [-0.2, -0.15) is 0 Å². The first kappa shape index (κ1) is 11.9. The highest BCUT2D eigenvalue weighted by molar-refractivity contribution is 5.40. The van der Waals surface area contributed by atoms with E-state index in [1.165, 1.54) is 5.56 Å². The number of aryl methyl sites for hydroxylation is 1. The summed E-state index contributed by atoms with van der Waals surface area (Å²) in [6.45, 7) is 5.04. The van der Waals surface area contributed by atoms with Gasteiger partial charge in [-0.1, -0.05) is 13.0 Å². The molecule has 0 saturated carbocycles. The Balaban J connectivity index is 2.79. The van der Waals surface area contributed by atoms with E-state index in [1.54, 1.807) is 0 Å². The van der Waals surface area contributed by atoms with Crippen LogP contribution in [-0.2, 0) is 6.42 Å². The minimum atomic E-state index is 0.0273. The van der Waals surface area contributed by atoms with Crippen LogP contribution in [0, 0.1) is 0 Å². The van der Waals surface area contributed by atoms with E-state index in [4.69, 9.17) is 14.6 Å². The molecule has 0 unspecified atom stereocenters. The summed E-state index contributed by atoms with van der Waals surface area (Å²) in [5.41, 5.74) is 1.17. The highest BCUT2D eigenvalue weighted by Gasteiger charge is 2.03. The van der Waals surface area contributed by atoms with E-state index in [2.05, 4.69) is 6.92 Å². The van der Waals surface area contributed by atoms with Gasteiger partial charge in [0.05, 0.1) is 13.2 Å². The number of benzene rings is 1. The lowest BCUT2D eigenvalue weighted by atomic mass is 10.1. The molecule has 0 amide bonds. The molecule has 1 rings (SSSR count). The maximum Gasteiger partial charge on any atom is 0.126 e. The van der Waals surface area contributed by atoms with Crippen LogP contribution in [0.25, 0.3) is 0 Å². The van der Waals surface area contributed by atoms with E-state index in [0.717, 1.165) is 17.9 Å². The largest absolute Gasteiger partial charge is 0.493 e. The number of aliphatic hydroxyl groups is 1. The predicted molar refractivity (Wildman–Crippen MR) is 59.6 cm³/mol. The summed E-state index contributed by atoms with van der Waals surface area (Å²) in [5.74, 6) is 1.61. The molecule has 0 saturated heterocycles. The van der Waals surface area contributed by atoms with Crippen molar-refractivity contribution in [1.29, 1.82) is 0 Å². The Bertz CT molecular complexity index is 297. The molecule has 15 heavy (non-hydrogen) atoms. The van der Waals surface area contributed by atoms with Gasteiger partial charge in [-0.3, -0.25) is 0 Å². The molecule has 0 spiro atoms. The fourth-order valence-electron chi connectivity index (χ4n) is 1.37. The molecule has 0 heterocycles. The molecule has 0 fully saturated rings. The first-order valence-electron chi connectivity index (χ1n) is 5.31. The second kappa shape index (κ2) is 6.30. The Labute approximate surface area is 90.6 Å². The van der Waals surface area contributed by atoms with E-state index < -0.39 is 0 Å². The predicted octanol–water partition coefficient (Wildman–Crippen LogP) is 2.02. The molecule has 1 aromatic rings. The van der Waals surface area contributed by atoms with E-state index in [-0.39, 0.29) is 6.61 Å². The lowest BCUT2D eigenvalue weighted by Gasteiger charge is -2.11. The van der Waals surface area contributed by atoms with Crippen molar-refractivity contribution >= 4 is 0 Å². The minimum Gasteiger partial charge on any atom is -0.493 e. The summed E-state index contributed by atoms with van der Waals surface area (Å²) in [7, 11) is 0. The van der Waals surface area contributed by atoms with Gasteiger partial charge in [-0.15, -0.1) is 0 Å². The monoisotopic (exact) mass is 210 g/mol. The van der Waals surface area contributed by atoms with Crippen molar-refractivity contribution < 1.29 is 14.6 Å². The maximum atomic E-state index is 8.64. The third-order valence-electron chi connectivity index (χ3n) is 2.08. The molecule has 3 nitrogen and oxygen atoms in total. The number of aliphatic hydroxyl groups excluding tert-OH is 1. The zero-order valence-electron chi connectivity index (χ0n) is 9.32. The number of hydrogen-bond donors (Lipinski definition) is 1. The maximum absolute atomic E-state index is 8.64. The summed E-state index contributed by atoms with van der Waals surface area (Å²) < 4.78 is 10.8. The molecule has 0 aliphatic heterocycles. The third-order valence-corrected chi connectivity index (χ3v) is 2.08. The van der Waals surface area contributed by atoms with Crippen LogP contribution in [0.2, 0.25) is 0 Å². The lowest BCUT2D eigenvalue weighted by Crippen LogP contribution is -2.02. The van der Waals surface area contributed by atoms with Crippen LogP contribution in [0.4, 0.5) is 0 Å². The average Bonchev–Trinajstić information content (AvgIpc) is 2.27. The van der Waals surface area contributed by atoms with E-state index in [1.807, 2.05) is 25.1 Å². The van der Waals surface area contributed by atoms with E-state index in [0.29, 0.717) is 13.2 Å². The fourth-order valence-corrected chi connectivity index (χ4v) is 1.37. The summed E-state index contributed by atoms with van der Waals surface area (Å²) in [4.78, 5) is 0. The molecule has 84 valence electrons. The van der Waals surface area contributed by atoms with Crippen LogP contribution in [0.3, 0.4) is 0 Å². The molecule has 1 aromatic carbocycles. The first-order chi connectivity index (χ1) is 7.31. The van der Waals surface area contributed by atoms with Gasteiger partial charge in [0.1, 0.15) is 18.1 Å². The molecule has 1 N–H and O–H groups in total. The van der Waals surface area contributed by atoms with Crippen LogP contribution in [0.5, 0.6) is 11.5 Å². The number of ether oxygens (including phenoxy) is 2. The quantitative estimate of drug-likeness (QED) is 0.780. The zero-order chi connectivity index (χ0) is 11.1. The van der Waals surface area contributed by atoms with Crippen molar-refractivity contribution in [1.82, 2.24) is 0 Å². The SMILES string of the molecule is CCOc1cc(OCCO)ccc1CC. The van der Waals surface area contributed by atoms with Crippen LogP contribution in [-0.4, -0.2) is 24.9 Å². The molecule has 3 heteroatoms. The highest BCUT2D eigenvalue weighted by Crippen LogP contribution is 2.25. The molecular formula is C12H18O3. The summed E-state index contributed by atoms with van der Waals surface area (Å²) in [5, 5.41) is 8.64. The van der Waals surface area contributed by atoms with Crippen molar-refractivity contribution in [3.8, 4) is 11.5 Å². The van der Waals surface area contributed by atoms with Crippen LogP contribution < -0.4 is 9.47 Å². The van der Waals surface area contributed by atoms with Crippen LogP contribution >= 0.6 is 0 Å². The standard InChI is InChI=1S/C12H18O3/c1-3-10-5-6-11(15-8-7-13)9-12(10)14-4-2/h5-6,9,13H,3-4,7-8H2,1-2H3. The first-order valence-corrected chi connectivity index (χ1v) is 5.31. The van der Waals surface area contributed by atoms with Crippen molar-refractivity contribution in [3.63, 3.8) is 0 Å². The van der Waals surface area contributed by atoms with Crippen molar-refractivity contribution in [2.75, 3.05) is 19.8 Å². The topological polar surface area (TPSA) is 38.7 Å². The summed E-state index contributed by atoms with van der Waals surface area (Å²) in [6, 6.07) is 5.77. The molecule has 0 aliphatic rings. The van der Waals surface area contributed by atoms with E-state index >= 15 is 0 Å². The van der Waals surface area contributed by atoms with Gasteiger partial charge in [0.15, 0.2) is 0 Å². The second-order valence-corrected chi connectivity index (χ2v) is 3.13. The number of hydrogen-bond acceptors (Lipinski definition) is 3. The van der Waals surface area contributed by atoms with Gasteiger partial charge in [0.2, 0.25) is 0 Å². The van der Waals surface area contributed by atoms with Gasteiger partial charge in [-0.05, 0) is 25.0 Å². The van der Waals surface area contributed by atoms with Crippen molar-refractivity contribution in [2.45, 2.75) is 20.3 Å². The molecule has 0 bridgehead atoms. The van der Waals surface area contributed by atoms with Gasteiger partial charge in [-0.25, -0.2) is 0 Å². The molecule has 0 atom stereocenters. The minimum absolute atomic E-state index is 0.0273. The Morgan fingerprint density at radius 3 is 2.60 bits per heavy atom. The molecule has 0 radical (unpaired) electrons. The van der Waals surface area contributed by atoms with Gasteiger partial charge in [0.25, 0.3) is 0 Å². The second-order valence-electron chi connectivity index (χ2n) is 3.13.